The summed E-state index contributed by atoms with van der Waals surface area (Å²) < 4.78 is 11.3. The van der Waals surface area contributed by atoms with Crippen LogP contribution in [0.4, 0.5) is 0 Å². The number of β-lactam (4-membered cyclic amide) rings is 1. The van der Waals surface area contributed by atoms with E-state index in [4.69, 9.17) is 9.47 Å². The quantitative estimate of drug-likeness (QED) is 0.490. The van der Waals surface area contributed by atoms with Gasteiger partial charge in [0.25, 0.3) is 0 Å². The lowest BCUT2D eigenvalue weighted by Crippen LogP contribution is -2.48. The fourth-order valence-electron chi connectivity index (χ4n) is 3.01. The summed E-state index contributed by atoms with van der Waals surface area (Å²) in [4.78, 5) is 26.0. The van der Waals surface area contributed by atoms with Gasteiger partial charge in [-0.15, -0.1) is 0 Å². The molecule has 2 aliphatic rings. The number of ether oxygens (including phenoxy) is 2. The van der Waals surface area contributed by atoms with Gasteiger partial charge in [0.1, 0.15) is 17.9 Å². The number of rotatable bonds is 4. The van der Waals surface area contributed by atoms with E-state index in [9.17, 15) is 9.59 Å². The highest BCUT2D eigenvalue weighted by Gasteiger charge is 2.45. The van der Waals surface area contributed by atoms with Gasteiger partial charge >= 0.3 is 5.97 Å². The summed E-state index contributed by atoms with van der Waals surface area (Å²) in [5.74, 6) is 0.102. The van der Waals surface area contributed by atoms with Crippen LogP contribution in [0.3, 0.4) is 0 Å². The summed E-state index contributed by atoms with van der Waals surface area (Å²) in [6.07, 6.45) is 0.119. The van der Waals surface area contributed by atoms with Crippen molar-refractivity contribution in [1.29, 1.82) is 0 Å². The smallest absolute Gasteiger partial charge is 0.342 e. The highest BCUT2D eigenvalue weighted by molar-refractivity contribution is 6.17. The molecule has 2 saturated heterocycles. The number of nitrogens with zero attached hydrogens (tertiary/aromatic N) is 1. The van der Waals surface area contributed by atoms with Crippen LogP contribution in [0.5, 0.6) is 0 Å². The summed E-state index contributed by atoms with van der Waals surface area (Å²) in [5.41, 5.74) is 2.03. The molecule has 2 heterocycles. The predicted octanol–water partition coefficient (Wildman–Crippen LogP) is 2.73. The number of fused-ring (bicyclic) bond motifs is 1. The lowest BCUT2D eigenvalue weighted by molar-refractivity contribution is -0.153. The first-order valence-corrected chi connectivity index (χ1v) is 8.18. The number of hydrogen-bond acceptors (Lipinski definition) is 4. The lowest BCUT2D eigenvalue weighted by atomic mass is 10.0. The molecule has 1 amide bonds. The van der Waals surface area contributed by atoms with Gasteiger partial charge in [-0.2, -0.15) is 0 Å². The van der Waals surface area contributed by atoms with Crippen LogP contribution in [-0.4, -0.2) is 29.5 Å². The molecule has 0 aliphatic carbocycles. The SMILES string of the molecule is O=C(OCc1ccccc1)C(=C1CN2C(=O)CC2O1)c1ccccc1. The fraction of sp³-hybridized carbons (Fsp3) is 0.200. The van der Waals surface area contributed by atoms with Crippen molar-refractivity contribution in [2.24, 2.45) is 0 Å². The second-order valence-corrected chi connectivity index (χ2v) is 6.02. The minimum atomic E-state index is -0.444. The summed E-state index contributed by atoms with van der Waals surface area (Å²) in [5, 5.41) is 0. The summed E-state index contributed by atoms with van der Waals surface area (Å²) >= 11 is 0. The molecule has 0 aromatic heterocycles. The predicted molar refractivity (Wildman–Crippen MR) is 90.8 cm³/mol. The van der Waals surface area contributed by atoms with Crippen LogP contribution in [0, 0.1) is 0 Å². The Morgan fingerprint density at radius 2 is 1.76 bits per heavy atom. The Balaban J connectivity index is 1.60. The van der Waals surface area contributed by atoms with Gasteiger partial charge in [0.05, 0.1) is 13.0 Å². The number of carbonyl (C=O) groups excluding carboxylic acids is 2. The molecular weight excluding hydrogens is 318 g/mol. The number of amides is 1. The zero-order valence-electron chi connectivity index (χ0n) is 13.6. The van der Waals surface area contributed by atoms with Gasteiger partial charge in [-0.3, -0.25) is 9.69 Å². The second-order valence-electron chi connectivity index (χ2n) is 6.02. The van der Waals surface area contributed by atoms with E-state index in [0.29, 0.717) is 24.3 Å². The highest BCUT2D eigenvalue weighted by atomic mass is 16.5. The van der Waals surface area contributed by atoms with E-state index in [2.05, 4.69) is 0 Å². The Morgan fingerprint density at radius 1 is 1.08 bits per heavy atom. The van der Waals surface area contributed by atoms with Gasteiger partial charge in [-0.25, -0.2) is 4.79 Å². The second kappa shape index (κ2) is 6.43. The molecule has 126 valence electrons. The number of benzene rings is 2. The molecule has 1 atom stereocenters. The van der Waals surface area contributed by atoms with Crippen LogP contribution < -0.4 is 0 Å². The van der Waals surface area contributed by atoms with Crippen LogP contribution in [0.2, 0.25) is 0 Å². The van der Waals surface area contributed by atoms with Gasteiger partial charge in [0.2, 0.25) is 5.91 Å². The Kier molecular flexibility index (Phi) is 3.98. The molecule has 0 saturated carbocycles. The van der Waals surface area contributed by atoms with Gasteiger partial charge < -0.3 is 9.47 Å². The lowest BCUT2D eigenvalue weighted by Gasteiger charge is -2.30. The molecule has 4 rings (SSSR count). The van der Waals surface area contributed by atoms with Gasteiger partial charge in [-0.1, -0.05) is 60.7 Å². The van der Waals surface area contributed by atoms with E-state index in [1.807, 2.05) is 60.7 Å². The van der Waals surface area contributed by atoms with E-state index in [-0.39, 0.29) is 18.7 Å². The van der Waals surface area contributed by atoms with Crippen LogP contribution in [0.15, 0.2) is 66.4 Å². The summed E-state index contributed by atoms with van der Waals surface area (Å²) in [6, 6.07) is 18.8. The maximum absolute atomic E-state index is 12.8. The Hall–Kier alpha value is -3.08. The third-order valence-corrected chi connectivity index (χ3v) is 4.37. The van der Waals surface area contributed by atoms with Crippen LogP contribution in [-0.2, 0) is 25.7 Å². The molecule has 2 aromatic carbocycles. The first-order chi connectivity index (χ1) is 12.2. The van der Waals surface area contributed by atoms with Crippen molar-refractivity contribution in [3.8, 4) is 0 Å². The van der Waals surface area contributed by atoms with Crippen molar-refractivity contribution in [3.05, 3.63) is 77.5 Å². The molecule has 0 N–H and O–H groups in total. The third-order valence-electron chi connectivity index (χ3n) is 4.37. The molecular formula is C20H17NO4. The van der Waals surface area contributed by atoms with Crippen molar-refractivity contribution in [1.82, 2.24) is 4.90 Å². The van der Waals surface area contributed by atoms with E-state index < -0.39 is 5.97 Å². The fourth-order valence-corrected chi connectivity index (χ4v) is 3.01. The van der Waals surface area contributed by atoms with E-state index in [1.54, 1.807) is 4.90 Å². The monoisotopic (exact) mass is 335 g/mol. The van der Waals surface area contributed by atoms with Crippen LogP contribution in [0.1, 0.15) is 17.5 Å². The number of hydrogen-bond donors (Lipinski definition) is 0. The molecule has 0 spiro atoms. The van der Waals surface area contributed by atoms with Crippen molar-refractivity contribution in [3.63, 3.8) is 0 Å². The average molecular weight is 335 g/mol. The van der Waals surface area contributed by atoms with Crippen molar-refractivity contribution >= 4 is 17.4 Å². The highest BCUT2D eigenvalue weighted by Crippen LogP contribution is 2.35. The average Bonchev–Trinajstić information content (AvgIpc) is 2.99. The number of esters is 1. The first kappa shape index (κ1) is 15.4. The molecule has 1 unspecified atom stereocenters. The summed E-state index contributed by atoms with van der Waals surface area (Å²) in [6.45, 7) is 0.503. The molecule has 0 bridgehead atoms. The van der Waals surface area contributed by atoms with E-state index in [1.165, 1.54) is 0 Å². The molecule has 2 aliphatic heterocycles. The number of carbonyl (C=O) groups is 2. The van der Waals surface area contributed by atoms with Crippen molar-refractivity contribution < 1.29 is 19.1 Å². The summed E-state index contributed by atoms with van der Waals surface area (Å²) in [7, 11) is 0. The van der Waals surface area contributed by atoms with E-state index >= 15 is 0 Å². The molecule has 5 nitrogen and oxygen atoms in total. The van der Waals surface area contributed by atoms with Crippen LogP contribution >= 0.6 is 0 Å². The zero-order valence-corrected chi connectivity index (χ0v) is 13.6. The molecule has 2 aromatic rings. The molecule has 0 radical (unpaired) electrons. The van der Waals surface area contributed by atoms with Gasteiger partial charge in [-0.05, 0) is 11.1 Å². The van der Waals surface area contributed by atoms with Gasteiger partial charge in [0.15, 0.2) is 6.23 Å². The standard InChI is InChI=1S/C20H17NO4/c22-17-11-18-21(17)12-16(25-18)19(15-9-5-2-6-10-15)20(23)24-13-14-7-3-1-4-8-14/h1-10,18H,11-13H2. The first-order valence-electron chi connectivity index (χ1n) is 8.18. The van der Waals surface area contributed by atoms with Crippen molar-refractivity contribution in [2.45, 2.75) is 19.3 Å². The maximum atomic E-state index is 12.8. The minimum Gasteiger partial charge on any atom is -0.471 e. The Labute approximate surface area is 145 Å². The van der Waals surface area contributed by atoms with E-state index in [0.717, 1.165) is 11.1 Å². The van der Waals surface area contributed by atoms with Crippen LogP contribution in [0.25, 0.3) is 5.57 Å². The Bertz CT molecular complexity index is 829. The molecule has 5 heteroatoms. The Morgan fingerprint density at radius 3 is 2.40 bits per heavy atom. The normalized spacial score (nSPS) is 20.4. The largest absolute Gasteiger partial charge is 0.471 e. The molecule has 25 heavy (non-hydrogen) atoms. The van der Waals surface area contributed by atoms with Crippen molar-refractivity contribution in [2.75, 3.05) is 6.54 Å². The maximum Gasteiger partial charge on any atom is 0.342 e. The van der Waals surface area contributed by atoms with Gasteiger partial charge in [0, 0.05) is 0 Å². The topological polar surface area (TPSA) is 55.8 Å². The molecule has 2 fully saturated rings. The third kappa shape index (κ3) is 3.01. The minimum absolute atomic E-state index is 0.0464. The zero-order chi connectivity index (χ0) is 17.2.